The Morgan fingerprint density at radius 3 is 2.42 bits per heavy atom. The Morgan fingerprint density at radius 2 is 1.79 bits per heavy atom. The summed E-state index contributed by atoms with van der Waals surface area (Å²) >= 11 is 0. The maximum atomic E-state index is 11.7. The Balaban J connectivity index is 0.00000288. The maximum Gasteiger partial charge on any atom is 0.223 e. The Hall–Kier alpha value is -0.610. The first-order valence-electron chi connectivity index (χ1n) is 8.82. The zero-order valence-electron chi connectivity index (χ0n) is 14.7. The Kier molecular flexibility index (Phi) is 11.4. The summed E-state index contributed by atoms with van der Waals surface area (Å²) in [7, 11) is 1.78. The van der Waals surface area contributed by atoms with Crippen LogP contribution < -0.4 is 16.0 Å². The molecule has 140 valence electrons. The highest BCUT2D eigenvalue weighted by Gasteiger charge is 2.24. The number of nitrogens with one attached hydrogen (secondary N) is 3. The van der Waals surface area contributed by atoms with Gasteiger partial charge in [-0.1, -0.05) is 6.42 Å². The van der Waals surface area contributed by atoms with Crippen LogP contribution in [0.3, 0.4) is 0 Å². The van der Waals surface area contributed by atoms with E-state index in [1.54, 1.807) is 7.05 Å². The Bertz CT molecular complexity index is 385. The predicted octanol–water partition coefficient (Wildman–Crippen LogP) is 0.408. The number of rotatable bonds is 8. The molecule has 0 spiro atoms. The lowest BCUT2D eigenvalue weighted by molar-refractivity contribution is -0.127. The average molecular weight is 453 g/mol. The van der Waals surface area contributed by atoms with Crippen LogP contribution in [0.4, 0.5) is 0 Å². The molecule has 0 radical (unpaired) electrons. The van der Waals surface area contributed by atoms with E-state index in [2.05, 4.69) is 25.8 Å². The highest BCUT2D eigenvalue weighted by atomic mass is 127. The van der Waals surface area contributed by atoms with Crippen molar-refractivity contribution in [2.24, 2.45) is 10.9 Å². The summed E-state index contributed by atoms with van der Waals surface area (Å²) in [5.41, 5.74) is 0. The fraction of sp³-hybridized carbons (Fsp3) is 0.875. The fourth-order valence-electron chi connectivity index (χ4n) is 2.70. The van der Waals surface area contributed by atoms with Crippen molar-refractivity contribution in [3.05, 3.63) is 0 Å². The number of amides is 1. The standard InChI is InChI=1S/C16H31N5O2.HI/c1-17-16(20-8-9-21-10-12-23-13-11-21)19-7-3-6-18-15(22)14-4-2-5-14;/h14H,2-13H2,1H3,(H,18,22)(H2,17,19,20);1H. The van der Waals surface area contributed by atoms with Crippen LogP contribution in [-0.4, -0.2) is 76.3 Å². The van der Waals surface area contributed by atoms with Gasteiger partial charge in [-0.25, -0.2) is 0 Å². The molecule has 1 amide bonds. The lowest BCUT2D eigenvalue weighted by Crippen LogP contribution is -2.45. The minimum absolute atomic E-state index is 0. The third-order valence-corrected chi connectivity index (χ3v) is 4.47. The molecule has 0 aromatic rings. The van der Waals surface area contributed by atoms with E-state index in [-0.39, 0.29) is 35.8 Å². The van der Waals surface area contributed by atoms with E-state index in [1.807, 2.05) is 0 Å². The van der Waals surface area contributed by atoms with E-state index in [0.717, 1.165) is 77.7 Å². The topological polar surface area (TPSA) is 78.0 Å². The molecule has 0 bridgehead atoms. The third kappa shape index (κ3) is 7.98. The second kappa shape index (κ2) is 12.7. The van der Waals surface area contributed by atoms with Crippen LogP contribution in [0, 0.1) is 5.92 Å². The van der Waals surface area contributed by atoms with E-state index >= 15 is 0 Å². The summed E-state index contributed by atoms with van der Waals surface area (Å²) in [6, 6.07) is 0. The number of guanidine groups is 1. The van der Waals surface area contributed by atoms with Crippen LogP contribution in [-0.2, 0) is 9.53 Å². The first kappa shape index (κ1) is 21.4. The molecule has 1 saturated carbocycles. The third-order valence-electron chi connectivity index (χ3n) is 4.47. The minimum Gasteiger partial charge on any atom is -0.379 e. The van der Waals surface area contributed by atoms with Gasteiger partial charge in [0.15, 0.2) is 5.96 Å². The molecule has 2 fully saturated rings. The quantitative estimate of drug-likeness (QED) is 0.215. The monoisotopic (exact) mass is 453 g/mol. The van der Waals surface area contributed by atoms with Gasteiger partial charge in [-0.2, -0.15) is 0 Å². The smallest absolute Gasteiger partial charge is 0.223 e. The molecule has 2 rings (SSSR count). The highest BCUT2D eigenvalue weighted by molar-refractivity contribution is 14.0. The van der Waals surface area contributed by atoms with E-state index < -0.39 is 0 Å². The maximum absolute atomic E-state index is 11.7. The average Bonchev–Trinajstić information content (AvgIpc) is 2.52. The number of ether oxygens (including phenoxy) is 1. The summed E-state index contributed by atoms with van der Waals surface area (Å²) in [6.45, 7) is 7.09. The number of aliphatic imine (C=N–C) groups is 1. The minimum atomic E-state index is 0. The van der Waals surface area contributed by atoms with Gasteiger partial charge in [0, 0.05) is 52.2 Å². The van der Waals surface area contributed by atoms with Gasteiger partial charge in [-0.15, -0.1) is 24.0 Å². The second-order valence-electron chi connectivity index (χ2n) is 6.15. The van der Waals surface area contributed by atoms with E-state index in [1.165, 1.54) is 6.42 Å². The molecular formula is C16H32IN5O2. The largest absolute Gasteiger partial charge is 0.379 e. The number of hydrogen-bond donors (Lipinski definition) is 3. The van der Waals surface area contributed by atoms with Crippen molar-refractivity contribution in [3.63, 3.8) is 0 Å². The molecule has 3 N–H and O–H groups in total. The molecule has 1 heterocycles. The number of halogens is 1. The number of carbonyl (C=O) groups is 1. The van der Waals surface area contributed by atoms with E-state index in [4.69, 9.17) is 4.74 Å². The molecule has 8 heteroatoms. The van der Waals surface area contributed by atoms with Crippen molar-refractivity contribution < 1.29 is 9.53 Å². The van der Waals surface area contributed by atoms with Gasteiger partial charge in [0.1, 0.15) is 0 Å². The van der Waals surface area contributed by atoms with E-state index in [9.17, 15) is 4.79 Å². The summed E-state index contributed by atoms with van der Waals surface area (Å²) in [5.74, 6) is 1.32. The molecule has 24 heavy (non-hydrogen) atoms. The molecule has 1 aliphatic carbocycles. The van der Waals surface area contributed by atoms with Crippen molar-refractivity contribution in [2.75, 3.05) is 59.5 Å². The Labute approximate surface area is 162 Å². The van der Waals surface area contributed by atoms with Crippen LogP contribution in [0.5, 0.6) is 0 Å². The highest BCUT2D eigenvalue weighted by Crippen LogP contribution is 2.25. The van der Waals surface area contributed by atoms with Crippen LogP contribution >= 0.6 is 24.0 Å². The van der Waals surface area contributed by atoms with Crippen molar-refractivity contribution in [2.45, 2.75) is 25.7 Å². The van der Waals surface area contributed by atoms with Crippen molar-refractivity contribution in [1.29, 1.82) is 0 Å². The van der Waals surface area contributed by atoms with Crippen LogP contribution in [0.1, 0.15) is 25.7 Å². The molecule has 0 atom stereocenters. The Morgan fingerprint density at radius 1 is 1.12 bits per heavy atom. The van der Waals surface area contributed by atoms with Crippen molar-refractivity contribution in [1.82, 2.24) is 20.9 Å². The van der Waals surface area contributed by atoms with Crippen molar-refractivity contribution in [3.8, 4) is 0 Å². The lowest BCUT2D eigenvalue weighted by atomic mass is 9.85. The summed E-state index contributed by atoms with van der Waals surface area (Å²) < 4.78 is 5.34. The normalized spacial score (nSPS) is 19.1. The van der Waals surface area contributed by atoms with Crippen LogP contribution in [0.2, 0.25) is 0 Å². The van der Waals surface area contributed by atoms with Crippen LogP contribution in [0.15, 0.2) is 4.99 Å². The summed E-state index contributed by atoms with van der Waals surface area (Å²) in [4.78, 5) is 18.3. The van der Waals surface area contributed by atoms with Crippen LogP contribution in [0.25, 0.3) is 0 Å². The SMILES string of the molecule is CN=C(NCCCNC(=O)C1CCC1)NCCN1CCOCC1.I. The zero-order chi connectivity index (χ0) is 16.3. The van der Waals surface area contributed by atoms with Gasteiger partial charge in [0.05, 0.1) is 13.2 Å². The zero-order valence-corrected chi connectivity index (χ0v) is 17.0. The molecule has 0 aromatic carbocycles. The molecule has 2 aliphatic rings. The van der Waals surface area contributed by atoms with Gasteiger partial charge in [0.25, 0.3) is 0 Å². The molecule has 0 unspecified atom stereocenters. The molecular weight excluding hydrogens is 421 g/mol. The summed E-state index contributed by atoms with van der Waals surface area (Å²) in [5, 5.41) is 9.61. The lowest BCUT2D eigenvalue weighted by Gasteiger charge is -2.26. The van der Waals surface area contributed by atoms with E-state index in [0.29, 0.717) is 0 Å². The van der Waals surface area contributed by atoms with Gasteiger partial charge in [-0.05, 0) is 19.3 Å². The first-order valence-corrected chi connectivity index (χ1v) is 8.82. The van der Waals surface area contributed by atoms with Crippen molar-refractivity contribution >= 4 is 35.8 Å². The molecule has 1 saturated heterocycles. The van der Waals surface area contributed by atoms with Gasteiger partial charge in [-0.3, -0.25) is 14.7 Å². The van der Waals surface area contributed by atoms with Gasteiger partial charge < -0.3 is 20.7 Å². The number of carbonyl (C=O) groups excluding carboxylic acids is 1. The first-order chi connectivity index (χ1) is 11.3. The second-order valence-corrected chi connectivity index (χ2v) is 6.15. The number of morpholine rings is 1. The number of nitrogens with zero attached hydrogens (tertiary/aromatic N) is 2. The molecule has 7 nitrogen and oxygen atoms in total. The fourth-order valence-corrected chi connectivity index (χ4v) is 2.70. The van der Waals surface area contributed by atoms with Gasteiger partial charge >= 0.3 is 0 Å². The summed E-state index contributed by atoms with van der Waals surface area (Å²) in [6.07, 6.45) is 4.22. The number of hydrogen-bond acceptors (Lipinski definition) is 4. The van der Waals surface area contributed by atoms with Gasteiger partial charge in [0.2, 0.25) is 5.91 Å². The molecule has 0 aromatic heterocycles. The predicted molar refractivity (Wildman–Crippen MR) is 107 cm³/mol. The molecule has 1 aliphatic heterocycles.